The predicted octanol–water partition coefficient (Wildman–Crippen LogP) is 2.32. The molecule has 2 aromatic heterocycles. The summed E-state index contributed by atoms with van der Waals surface area (Å²) < 4.78 is 4.80. The van der Waals surface area contributed by atoms with Crippen LogP contribution in [0, 0.1) is 6.92 Å². The minimum absolute atomic E-state index is 0.245. The van der Waals surface area contributed by atoms with Crippen molar-refractivity contribution in [3.8, 4) is 11.1 Å². The molecule has 0 unspecified atom stereocenters. The highest BCUT2D eigenvalue weighted by molar-refractivity contribution is 5.87. The number of carbonyl (C=O) groups is 1. The first kappa shape index (κ1) is 14.7. The van der Waals surface area contributed by atoms with Gasteiger partial charge in [0.2, 0.25) is 0 Å². The number of H-pyrrole nitrogens is 1. The van der Waals surface area contributed by atoms with E-state index in [4.69, 9.17) is 4.74 Å². The van der Waals surface area contributed by atoms with Crippen molar-refractivity contribution in [1.29, 1.82) is 0 Å². The molecule has 0 amide bonds. The van der Waals surface area contributed by atoms with E-state index in [9.17, 15) is 9.59 Å². The van der Waals surface area contributed by atoms with E-state index in [0.29, 0.717) is 12.2 Å². The lowest BCUT2D eigenvalue weighted by atomic mass is 10.0. The van der Waals surface area contributed by atoms with Crippen molar-refractivity contribution < 1.29 is 9.53 Å². The summed E-state index contributed by atoms with van der Waals surface area (Å²) in [5.74, 6) is -0.470. The van der Waals surface area contributed by atoms with E-state index in [-0.39, 0.29) is 5.56 Å². The fourth-order valence-electron chi connectivity index (χ4n) is 1.94. The van der Waals surface area contributed by atoms with Crippen LogP contribution in [0.4, 0.5) is 0 Å². The van der Waals surface area contributed by atoms with Crippen LogP contribution in [0.15, 0.2) is 41.5 Å². The maximum Gasteiger partial charge on any atom is 0.330 e. The Morgan fingerprint density at radius 2 is 2.10 bits per heavy atom. The predicted molar refractivity (Wildman–Crippen MR) is 80.7 cm³/mol. The Balaban J connectivity index is 2.40. The van der Waals surface area contributed by atoms with Gasteiger partial charge in [0.05, 0.1) is 6.61 Å². The number of esters is 1. The third kappa shape index (κ3) is 3.66. The summed E-state index contributed by atoms with van der Waals surface area (Å²) in [6.07, 6.45) is 6.09. The number of aromatic nitrogens is 2. The summed E-state index contributed by atoms with van der Waals surface area (Å²) >= 11 is 0. The summed E-state index contributed by atoms with van der Waals surface area (Å²) in [7, 11) is 0. The molecule has 2 heterocycles. The van der Waals surface area contributed by atoms with Crippen LogP contribution in [-0.2, 0) is 9.53 Å². The minimum Gasteiger partial charge on any atom is -0.463 e. The second kappa shape index (κ2) is 6.65. The van der Waals surface area contributed by atoms with Crippen molar-refractivity contribution in [2.45, 2.75) is 13.8 Å². The number of aromatic amines is 1. The Labute approximate surface area is 122 Å². The molecule has 21 heavy (non-hydrogen) atoms. The zero-order valence-electron chi connectivity index (χ0n) is 11.9. The van der Waals surface area contributed by atoms with E-state index in [1.807, 2.05) is 19.1 Å². The smallest absolute Gasteiger partial charge is 0.330 e. The number of ether oxygens (including phenoxy) is 1. The lowest BCUT2D eigenvalue weighted by molar-refractivity contribution is -0.137. The molecule has 0 bridgehead atoms. The topological polar surface area (TPSA) is 72.0 Å². The zero-order valence-corrected chi connectivity index (χ0v) is 11.9. The first-order valence-corrected chi connectivity index (χ1v) is 6.61. The molecule has 5 nitrogen and oxygen atoms in total. The molecule has 0 atom stereocenters. The lowest BCUT2D eigenvalue weighted by Gasteiger charge is -2.06. The molecule has 2 aromatic rings. The molecule has 0 radical (unpaired) electrons. The van der Waals surface area contributed by atoms with E-state index in [0.717, 1.165) is 16.8 Å². The molecule has 0 aliphatic rings. The summed E-state index contributed by atoms with van der Waals surface area (Å²) in [5.41, 5.74) is 2.76. The molecule has 2 rings (SSSR count). The van der Waals surface area contributed by atoms with Crippen LogP contribution < -0.4 is 5.56 Å². The summed E-state index contributed by atoms with van der Waals surface area (Å²) in [6, 6.07) is 5.47. The molecule has 108 valence electrons. The monoisotopic (exact) mass is 284 g/mol. The molecular weight excluding hydrogens is 268 g/mol. The van der Waals surface area contributed by atoms with Crippen LogP contribution in [-0.4, -0.2) is 22.5 Å². The van der Waals surface area contributed by atoms with Gasteiger partial charge in [-0.2, -0.15) is 0 Å². The number of rotatable bonds is 4. The van der Waals surface area contributed by atoms with Gasteiger partial charge in [0.25, 0.3) is 5.56 Å². The number of nitrogens with one attached hydrogen (secondary N) is 1. The standard InChI is InChI=1S/C16H16N2O3/c1-3-21-15(19)5-4-13-10-14(11(2)18-16(13)20)12-6-8-17-9-7-12/h4-10H,3H2,1-2H3,(H,18,20)/b5-4+. The number of nitrogens with zero attached hydrogens (tertiary/aromatic N) is 1. The van der Waals surface area contributed by atoms with Crippen molar-refractivity contribution in [3.63, 3.8) is 0 Å². The van der Waals surface area contributed by atoms with Crippen molar-refractivity contribution in [2.75, 3.05) is 6.61 Å². The molecule has 0 saturated carbocycles. The number of pyridine rings is 2. The summed E-state index contributed by atoms with van der Waals surface area (Å²) in [6.45, 7) is 3.86. The summed E-state index contributed by atoms with van der Waals surface area (Å²) in [4.78, 5) is 30.0. The van der Waals surface area contributed by atoms with Crippen molar-refractivity contribution in [1.82, 2.24) is 9.97 Å². The molecule has 0 fully saturated rings. The van der Waals surface area contributed by atoms with E-state index < -0.39 is 5.97 Å². The van der Waals surface area contributed by atoms with Crippen LogP contribution in [0.5, 0.6) is 0 Å². The fourth-order valence-corrected chi connectivity index (χ4v) is 1.94. The zero-order chi connectivity index (χ0) is 15.2. The average molecular weight is 284 g/mol. The molecule has 5 heteroatoms. The largest absolute Gasteiger partial charge is 0.463 e. The fraction of sp³-hybridized carbons (Fsp3) is 0.188. The van der Waals surface area contributed by atoms with Crippen LogP contribution in [0.3, 0.4) is 0 Å². The normalized spacial score (nSPS) is 10.8. The van der Waals surface area contributed by atoms with Crippen molar-refractivity contribution in [3.05, 3.63) is 58.3 Å². The Morgan fingerprint density at radius 3 is 2.76 bits per heavy atom. The first-order valence-electron chi connectivity index (χ1n) is 6.61. The van der Waals surface area contributed by atoms with Gasteiger partial charge in [0, 0.05) is 35.3 Å². The number of hydrogen-bond acceptors (Lipinski definition) is 4. The number of aryl methyl sites for hydroxylation is 1. The van der Waals surface area contributed by atoms with Crippen LogP contribution in [0.25, 0.3) is 17.2 Å². The van der Waals surface area contributed by atoms with E-state index in [2.05, 4.69) is 9.97 Å². The molecule has 0 saturated heterocycles. The van der Waals surface area contributed by atoms with E-state index >= 15 is 0 Å². The average Bonchev–Trinajstić information content (AvgIpc) is 2.47. The van der Waals surface area contributed by atoms with Crippen LogP contribution >= 0.6 is 0 Å². The van der Waals surface area contributed by atoms with Crippen LogP contribution in [0.2, 0.25) is 0 Å². The van der Waals surface area contributed by atoms with Gasteiger partial charge >= 0.3 is 5.97 Å². The van der Waals surface area contributed by atoms with Gasteiger partial charge in [-0.3, -0.25) is 9.78 Å². The molecule has 0 aliphatic heterocycles. The van der Waals surface area contributed by atoms with E-state index in [1.54, 1.807) is 25.4 Å². The van der Waals surface area contributed by atoms with Gasteiger partial charge < -0.3 is 9.72 Å². The summed E-state index contributed by atoms with van der Waals surface area (Å²) in [5, 5.41) is 0. The third-order valence-electron chi connectivity index (χ3n) is 2.94. The molecule has 0 aliphatic carbocycles. The van der Waals surface area contributed by atoms with Gasteiger partial charge in [-0.25, -0.2) is 4.79 Å². The second-order valence-corrected chi connectivity index (χ2v) is 4.41. The lowest BCUT2D eigenvalue weighted by Crippen LogP contribution is -2.12. The van der Waals surface area contributed by atoms with Crippen molar-refractivity contribution in [2.24, 2.45) is 0 Å². The van der Waals surface area contributed by atoms with Gasteiger partial charge in [-0.1, -0.05) is 0 Å². The Morgan fingerprint density at radius 1 is 1.38 bits per heavy atom. The van der Waals surface area contributed by atoms with Crippen LogP contribution in [0.1, 0.15) is 18.2 Å². The number of carbonyl (C=O) groups excluding carboxylic acids is 1. The Hall–Kier alpha value is -2.69. The third-order valence-corrected chi connectivity index (χ3v) is 2.94. The molecule has 1 N–H and O–H groups in total. The van der Waals surface area contributed by atoms with Gasteiger partial charge in [-0.15, -0.1) is 0 Å². The highest BCUT2D eigenvalue weighted by Crippen LogP contribution is 2.21. The Kier molecular flexibility index (Phi) is 4.66. The quantitative estimate of drug-likeness (QED) is 0.691. The molecule has 0 spiro atoms. The van der Waals surface area contributed by atoms with Crippen molar-refractivity contribution >= 4 is 12.0 Å². The minimum atomic E-state index is -0.470. The van der Waals surface area contributed by atoms with E-state index in [1.165, 1.54) is 12.2 Å². The highest BCUT2D eigenvalue weighted by Gasteiger charge is 2.06. The first-order chi connectivity index (χ1) is 10.1. The number of hydrogen-bond donors (Lipinski definition) is 1. The van der Waals surface area contributed by atoms with Gasteiger partial charge in [-0.05, 0) is 43.7 Å². The van der Waals surface area contributed by atoms with Gasteiger partial charge in [0.1, 0.15) is 0 Å². The SMILES string of the molecule is CCOC(=O)/C=C/c1cc(-c2ccncc2)c(C)[nH]c1=O. The molecular formula is C16H16N2O3. The highest BCUT2D eigenvalue weighted by atomic mass is 16.5. The van der Waals surface area contributed by atoms with Gasteiger partial charge in [0.15, 0.2) is 0 Å². The Bertz CT molecular complexity index is 718. The maximum absolute atomic E-state index is 11.9. The molecule has 0 aromatic carbocycles. The second-order valence-electron chi connectivity index (χ2n) is 4.41. The maximum atomic E-state index is 11.9.